The van der Waals surface area contributed by atoms with Crippen molar-refractivity contribution in [2.75, 3.05) is 6.61 Å². The number of ether oxygens (including phenoxy) is 1. The molecule has 2 N–H and O–H groups in total. The summed E-state index contributed by atoms with van der Waals surface area (Å²) < 4.78 is 35.3. The Bertz CT molecular complexity index is 1510. The van der Waals surface area contributed by atoms with E-state index in [2.05, 4.69) is 15.4 Å². The Morgan fingerprint density at radius 1 is 1.23 bits per heavy atom. The lowest BCUT2D eigenvalue weighted by Crippen LogP contribution is -2.38. The van der Waals surface area contributed by atoms with Gasteiger partial charge in [0.05, 0.1) is 22.9 Å². The number of carboxylic acid groups (broad SMARTS) is 1. The lowest BCUT2D eigenvalue weighted by molar-refractivity contribution is -0.139. The third-order valence-corrected chi connectivity index (χ3v) is 8.40. The van der Waals surface area contributed by atoms with Gasteiger partial charge in [0, 0.05) is 35.8 Å². The van der Waals surface area contributed by atoms with E-state index >= 15 is 0 Å². The molecule has 210 valence electrons. The van der Waals surface area contributed by atoms with Gasteiger partial charge in [-0.2, -0.15) is 5.10 Å². The highest BCUT2D eigenvalue weighted by atomic mass is 35.5. The summed E-state index contributed by atoms with van der Waals surface area (Å²) in [4.78, 5) is 33.9. The second-order valence-electron chi connectivity index (χ2n) is 9.59. The number of rotatable bonds is 7. The average molecular weight is 590 g/mol. The molecule has 3 aromatic rings. The number of esters is 1. The highest BCUT2D eigenvalue weighted by Gasteiger charge is 2.39. The van der Waals surface area contributed by atoms with E-state index in [0.717, 1.165) is 6.07 Å². The summed E-state index contributed by atoms with van der Waals surface area (Å²) in [6.45, 7) is 1.79. The van der Waals surface area contributed by atoms with E-state index < -0.39 is 34.6 Å². The number of aromatic nitrogens is 3. The summed E-state index contributed by atoms with van der Waals surface area (Å²) >= 11 is 7.61. The lowest BCUT2D eigenvalue weighted by atomic mass is 9.77. The van der Waals surface area contributed by atoms with E-state index in [4.69, 9.17) is 21.3 Å². The Morgan fingerprint density at radius 3 is 2.58 bits per heavy atom. The summed E-state index contributed by atoms with van der Waals surface area (Å²) in [6, 6.07) is 2.84. The van der Waals surface area contributed by atoms with Crippen LogP contribution in [0.3, 0.4) is 0 Å². The summed E-state index contributed by atoms with van der Waals surface area (Å²) in [5, 5.41) is 19.0. The molecule has 0 radical (unpaired) electrons. The maximum Gasteiger partial charge on any atom is 0.354 e. The van der Waals surface area contributed by atoms with Crippen molar-refractivity contribution in [3.05, 3.63) is 79.7 Å². The standard InChI is InChI=1S/C27H26ClF2N5O4S/c1-3-39-27(38)19-22(14-6-4-13(5-7-14)17-12-18(26(36)37)35(2)34-17)32-24(25-31-10-11-40-25)33-23(19)15-8-9-16(29)21(30)20(15)28/h8-14,23H,3-7H2,1-2H3,(H,32,33)(H,36,37). The van der Waals surface area contributed by atoms with Crippen molar-refractivity contribution >= 4 is 40.7 Å². The van der Waals surface area contributed by atoms with Crippen LogP contribution < -0.4 is 5.32 Å². The molecule has 1 fully saturated rings. The molecule has 0 amide bonds. The molecular weight excluding hydrogens is 564 g/mol. The number of aliphatic imine (C=N–C) groups is 1. The highest BCUT2D eigenvalue weighted by molar-refractivity contribution is 7.11. The molecular formula is C27H26ClF2N5O4S. The van der Waals surface area contributed by atoms with Crippen LogP contribution in [-0.2, 0) is 16.6 Å². The highest BCUT2D eigenvalue weighted by Crippen LogP contribution is 2.44. The smallest absolute Gasteiger partial charge is 0.354 e. The monoisotopic (exact) mass is 589 g/mol. The molecule has 0 saturated heterocycles. The largest absolute Gasteiger partial charge is 0.477 e. The maximum atomic E-state index is 14.6. The van der Waals surface area contributed by atoms with Gasteiger partial charge in [-0.1, -0.05) is 17.7 Å². The zero-order valence-corrected chi connectivity index (χ0v) is 23.2. The van der Waals surface area contributed by atoms with Crippen molar-refractivity contribution < 1.29 is 28.2 Å². The molecule has 2 aromatic heterocycles. The van der Waals surface area contributed by atoms with Gasteiger partial charge in [-0.3, -0.25) is 9.67 Å². The van der Waals surface area contributed by atoms with Crippen molar-refractivity contribution in [1.82, 2.24) is 20.1 Å². The molecule has 1 aromatic carbocycles. The fourth-order valence-corrected chi connectivity index (χ4v) is 6.16. The molecule has 13 heteroatoms. The van der Waals surface area contributed by atoms with Crippen LogP contribution in [0.4, 0.5) is 8.78 Å². The van der Waals surface area contributed by atoms with Gasteiger partial charge in [-0.25, -0.2) is 23.4 Å². The van der Waals surface area contributed by atoms with Crippen molar-refractivity contribution in [3.8, 4) is 0 Å². The molecule has 3 heterocycles. The topological polar surface area (TPSA) is 119 Å². The number of allylic oxidation sites excluding steroid dienone is 1. The van der Waals surface area contributed by atoms with Crippen molar-refractivity contribution in [3.63, 3.8) is 0 Å². The fourth-order valence-electron chi connectivity index (χ4n) is 5.31. The second-order valence-corrected chi connectivity index (χ2v) is 10.9. The minimum absolute atomic E-state index is 0.0503. The number of aromatic carboxylic acids is 1. The molecule has 2 aliphatic rings. The minimum atomic E-state index is -1.22. The van der Waals surface area contributed by atoms with Gasteiger partial charge in [0.1, 0.15) is 11.7 Å². The number of aryl methyl sites for hydroxylation is 1. The molecule has 5 rings (SSSR count). The van der Waals surface area contributed by atoms with Crippen LogP contribution in [0.5, 0.6) is 0 Å². The van der Waals surface area contributed by atoms with Gasteiger partial charge in [0.2, 0.25) is 0 Å². The van der Waals surface area contributed by atoms with E-state index in [1.54, 1.807) is 31.6 Å². The Hall–Kier alpha value is -3.64. The van der Waals surface area contributed by atoms with Crippen LogP contribution in [0.1, 0.15) is 71.3 Å². The first-order valence-electron chi connectivity index (χ1n) is 12.8. The SMILES string of the molecule is CCOC(=O)C1=C(C2CCC(c3cc(C(=O)O)n(C)n3)CC2)NC(c2nccs2)=NC1c1ccc(F)c(F)c1Cl. The first kappa shape index (κ1) is 27.9. The number of carbonyl (C=O) groups excluding carboxylic acids is 1. The van der Waals surface area contributed by atoms with Crippen LogP contribution in [-0.4, -0.2) is 44.3 Å². The molecule has 0 spiro atoms. The number of hydrogen-bond acceptors (Lipinski definition) is 8. The number of amidine groups is 1. The predicted octanol–water partition coefficient (Wildman–Crippen LogP) is 5.39. The molecule has 1 aliphatic carbocycles. The second kappa shape index (κ2) is 11.5. The van der Waals surface area contributed by atoms with Crippen LogP contribution in [0.15, 0.2) is 46.0 Å². The van der Waals surface area contributed by atoms with Crippen molar-refractivity contribution in [2.24, 2.45) is 18.0 Å². The van der Waals surface area contributed by atoms with E-state index in [1.807, 2.05) is 0 Å². The Kier molecular flexibility index (Phi) is 7.99. The molecule has 40 heavy (non-hydrogen) atoms. The summed E-state index contributed by atoms with van der Waals surface area (Å²) in [5.41, 5.74) is 1.74. The average Bonchev–Trinajstić information content (AvgIpc) is 3.62. The number of benzene rings is 1. The van der Waals surface area contributed by atoms with Gasteiger partial charge < -0.3 is 15.2 Å². The maximum absolute atomic E-state index is 14.6. The number of carboxylic acids is 1. The molecule has 1 aliphatic heterocycles. The Labute approximate surface area is 237 Å². The molecule has 9 nitrogen and oxygen atoms in total. The summed E-state index contributed by atoms with van der Waals surface area (Å²) in [7, 11) is 1.60. The Morgan fingerprint density at radius 2 is 1.95 bits per heavy atom. The van der Waals surface area contributed by atoms with E-state index in [0.29, 0.717) is 47.9 Å². The Balaban J connectivity index is 1.54. The predicted molar refractivity (Wildman–Crippen MR) is 144 cm³/mol. The summed E-state index contributed by atoms with van der Waals surface area (Å²) in [5.74, 6) is -3.68. The normalized spacial score (nSPS) is 21.1. The zero-order chi connectivity index (χ0) is 28.6. The van der Waals surface area contributed by atoms with Crippen LogP contribution in [0, 0.1) is 17.6 Å². The van der Waals surface area contributed by atoms with Crippen molar-refractivity contribution in [2.45, 2.75) is 44.6 Å². The van der Waals surface area contributed by atoms with Crippen LogP contribution in [0.2, 0.25) is 5.02 Å². The first-order chi connectivity index (χ1) is 19.2. The van der Waals surface area contributed by atoms with Crippen LogP contribution >= 0.6 is 22.9 Å². The van der Waals surface area contributed by atoms with Crippen molar-refractivity contribution in [1.29, 1.82) is 0 Å². The zero-order valence-electron chi connectivity index (χ0n) is 21.7. The van der Waals surface area contributed by atoms with Gasteiger partial charge in [0.15, 0.2) is 22.5 Å². The lowest BCUT2D eigenvalue weighted by Gasteiger charge is -2.35. The quantitative estimate of drug-likeness (QED) is 0.280. The number of hydrogen-bond donors (Lipinski definition) is 2. The first-order valence-corrected chi connectivity index (χ1v) is 14.0. The molecule has 1 atom stereocenters. The van der Waals surface area contributed by atoms with Gasteiger partial charge in [-0.05, 0) is 50.7 Å². The third-order valence-electron chi connectivity index (χ3n) is 7.24. The van der Waals surface area contributed by atoms with E-state index in [1.165, 1.54) is 22.1 Å². The number of carbonyl (C=O) groups is 2. The van der Waals surface area contributed by atoms with Gasteiger partial charge >= 0.3 is 11.9 Å². The molecule has 1 unspecified atom stereocenters. The molecule has 1 saturated carbocycles. The number of halogens is 3. The number of nitrogens with zero attached hydrogens (tertiary/aromatic N) is 4. The van der Waals surface area contributed by atoms with E-state index in [9.17, 15) is 23.5 Å². The number of thiazole rings is 1. The van der Waals surface area contributed by atoms with Gasteiger partial charge in [-0.15, -0.1) is 11.3 Å². The number of nitrogens with one attached hydrogen (secondary N) is 1. The fraction of sp³-hybridized carbons (Fsp3) is 0.370. The van der Waals surface area contributed by atoms with E-state index in [-0.39, 0.29) is 35.3 Å². The van der Waals surface area contributed by atoms with Gasteiger partial charge in [0.25, 0.3) is 0 Å². The third kappa shape index (κ3) is 5.25. The van der Waals surface area contributed by atoms with Crippen LogP contribution in [0.25, 0.3) is 0 Å². The molecule has 0 bridgehead atoms. The minimum Gasteiger partial charge on any atom is -0.477 e. The summed E-state index contributed by atoms with van der Waals surface area (Å²) in [6.07, 6.45) is 4.32.